The van der Waals surface area contributed by atoms with Gasteiger partial charge in [-0.05, 0) is 42.5 Å². The molecule has 0 aliphatic heterocycles. The number of ether oxygens (including phenoxy) is 1. The molecule has 0 atom stereocenters. The van der Waals surface area contributed by atoms with Crippen molar-refractivity contribution in [1.82, 2.24) is 15.0 Å². The molecule has 0 bridgehead atoms. The molecule has 0 saturated heterocycles. The summed E-state index contributed by atoms with van der Waals surface area (Å²) in [4.78, 5) is 12.4. The van der Waals surface area contributed by atoms with Gasteiger partial charge in [0.15, 0.2) is 18.0 Å². The van der Waals surface area contributed by atoms with E-state index in [1.807, 2.05) is 0 Å². The number of hydrogen-bond donors (Lipinski definition) is 1. The summed E-state index contributed by atoms with van der Waals surface area (Å²) in [6.07, 6.45) is -9.60. The van der Waals surface area contributed by atoms with Crippen molar-refractivity contribution >= 4 is 11.6 Å². The van der Waals surface area contributed by atoms with Crippen LogP contribution in [0.1, 0.15) is 16.2 Å². The van der Waals surface area contributed by atoms with Crippen LogP contribution >= 0.6 is 0 Å². The highest BCUT2D eigenvalue weighted by Crippen LogP contribution is 2.33. The summed E-state index contributed by atoms with van der Waals surface area (Å²) in [7, 11) is 0. The Morgan fingerprint density at radius 1 is 1.03 bits per heavy atom. The quantitative estimate of drug-likeness (QED) is 0.579. The van der Waals surface area contributed by atoms with Crippen molar-refractivity contribution in [2.75, 3.05) is 11.9 Å². The number of carbonyl (C=O) groups excluding carboxylic acids is 1. The van der Waals surface area contributed by atoms with E-state index < -0.39 is 42.1 Å². The highest BCUT2D eigenvalue weighted by Gasteiger charge is 2.42. The van der Waals surface area contributed by atoms with Gasteiger partial charge in [-0.2, -0.15) is 26.3 Å². The normalized spacial score (nSPS) is 12.0. The van der Waals surface area contributed by atoms with Crippen LogP contribution in [0.15, 0.2) is 48.5 Å². The molecule has 1 heterocycles. The standard InChI is InChI=1S/C18H11F7N4O2/c19-10-2-1-3-12(8-10)29-15(18(23,24)25)14(27-28-29)16(30)26-11-4-6-13(7-5-11)31-9-17(20,21)22/h1-8H,9H2,(H,26,30). The van der Waals surface area contributed by atoms with E-state index in [2.05, 4.69) is 20.4 Å². The first-order valence-electron chi connectivity index (χ1n) is 8.34. The minimum absolute atomic E-state index is 0.0298. The molecule has 0 aliphatic rings. The van der Waals surface area contributed by atoms with Crippen molar-refractivity contribution in [3.8, 4) is 11.4 Å². The van der Waals surface area contributed by atoms with E-state index in [0.717, 1.165) is 48.5 Å². The molecule has 1 N–H and O–H groups in total. The molecule has 3 aromatic rings. The van der Waals surface area contributed by atoms with Crippen LogP contribution < -0.4 is 10.1 Å². The monoisotopic (exact) mass is 448 g/mol. The lowest BCUT2D eigenvalue weighted by Gasteiger charge is -2.12. The van der Waals surface area contributed by atoms with Crippen LogP contribution in [0.3, 0.4) is 0 Å². The van der Waals surface area contributed by atoms with Gasteiger partial charge in [0.2, 0.25) is 0 Å². The summed E-state index contributed by atoms with van der Waals surface area (Å²) in [5, 5.41) is 8.72. The van der Waals surface area contributed by atoms with Crippen molar-refractivity contribution in [2.24, 2.45) is 0 Å². The lowest BCUT2D eigenvalue weighted by molar-refractivity contribution is -0.153. The number of alkyl halides is 6. The number of aromatic nitrogens is 3. The summed E-state index contributed by atoms with van der Waals surface area (Å²) in [5.41, 5.74) is -2.93. The first kappa shape index (κ1) is 22.1. The molecule has 0 aliphatic carbocycles. The zero-order valence-corrected chi connectivity index (χ0v) is 15.1. The third-order valence-corrected chi connectivity index (χ3v) is 3.72. The number of anilines is 1. The van der Waals surface area contributed by atoms with E-state index in [0.29, 0.717) is 0 Å². The number of hydrogen-bond acceptors (Lipinski definition) is 4. The van der Waals surface area contributed by atoms with E-state index in [4.69, 9.17) is 0 Å². The Kier molecular flexibility index (Phi) is 5.86. The van der Waals surface area contributed by atoms with E-state index in [-0.39, 0.29) is 21.8 Å². The molecule has 3 rings (SSSR count). The Morgan fingerprint density at radius 2 is 1.71 bits per heavy atom. The first-order valence-corrected chi connectivity index (χ1v) is 8.34. The molecule has 6 nitrogen and oxygen atoms in total. The number of benzene rings is 2. The zero-order chi connectivity index (χ0) is 22.8. The van der Waals surface area contributed by atoms with Gasteiger partial charge in [0, 0.05) is 5.69 Å². The second-order valence-corrected chi connectivity index (χ2v) is 6.06. The molecule has 1 amide bonds. The number of halogens is 7. The Balaban J connectivity index is 1.84. The smallest absolute Gasteiger partial charge is 0.435 e. The van der Waals surface area contributed by atoms with Crippen molar-refractivity contribution < 1.29 is 40.3 Å². The largest absolute Gasteiger partial charge is 0.484 e. The van der Waals surface area contributed by atoms with E-state index in [1.165, 1.54) is 0 Å². The predicted octanol–water partition coefficient (Wildman–Crippen LogP) is 4.62. The van der Waals surface area contributed by atoms with Gasteiger partial charge >= 0.3 is 12.4 Å². The second-order valence-electron chi connectivity index (χ2n) is 6.06. The number of amides is 1. The maximum atomic E-state index is 13.6. The minimum atomic E-state index is -5.06. The maximum Gasteiger partial charge on any atom is 0.435 e. The van der Waals surface area contributed by atoms with Gasteiger partial charge in [0.25, 0.3) is 5.91 Å². The summed E-state index contributed by atoms with van der Waals surface area (Å²) in [6.45, 7) is -1.53. The van der Waals surface area contributed by atoms with Crippen LogP contribution in [-0.2, 0) is 6.18 Å². The van der Waals surface area contributed by atoms with Crippen LogP contribution in [-0.4, -0.2) is 33.7 Å². The van der Waals surface area contributed by atoms with Crippen LogP contribution in [0.5, 0.6) is 5.75 Å². The fraction of sp³-hybridized carbons (Fsp3) is 0.167. The minimum Gasteiger partial charge on any atom is -0.484 e. The molecule has 0 fully saturated rings. The molecule has 13 heteroatoms. The highest BCUT2D eigenvalue weighted by molar-refractivity contribution is 6.03. The van der Waals surface area contributed by atoms with Gasteiger partial charge in [-0.3, -0.25) is 4.79 Å². The summed E-state index contributed by atoms with van der Waals surface area (Å²) in [5.74, 6) is -2.26. The van der Waals surface area contributed by atoms with Gasteiger partial charge in [-0.15, -0.1) is 5.10 Å². The SMILES string of the molecule is O=C(Nc1ccc(OCC(F)(F)F)cc1)c1nnn(-c2cccc(F)c2)c1C(F)(F)F. The van der Waals surface area contributed by atoms with Gasteiger partial charge in [-0.25, -0.2) is 9.07 Å². The van der Waals surface area contributed by atoms with E-state index in [1.54, 1.807) is 0 Å². The van der Waals surface area contributed by atoms with Gasteiger partial charge in [0.05, 0.1) is 5.69 Å². The lowest BCUT2D eigenvalue weighted by Crippen LogP contribution is -2.21. The van der Waals surface area contributed by atoms with E-state index in [9.17, 15) is 35.5 Å². The Hall–Kier alpha value is -3.64. The number of rotatable bonds is 5. The first-order chi connectivity index (χ1) is 14.4. The van der Waals surface area contributed by atoms with Crippen LogP contribution in [0.4, 0.5) is 36.4 Å². The number of nitrogens with zero attached hydrogens (tertiary/aromatic N) is 3. The second kappa shape index (κ2) is 8.24. The van der Waals surface area contributed by atoms with E-state index >= 15 is 0 Å². The fourth-order valence-electron chi connectivity index (χ4n) is 2.47. The van der Waals surface area contributed by atoms with Crippen molar-refractivity contribution in [3.05, 3.63) is 65.7 Å². The van der Waals surface area contributed by atoms with Crippen molar-refractivity contribution in [3.63, 3.8) is 0 Å². The zero-order valence-electron chi connectivity index (χ0n) is 15.1. The summed E-state index contributed by atoms with van der Waals surface area (Å²) in [6, 6.07) is 8.56. The molecule has 2 aromatic carbocycles. The Bertz CT molecular complexity index is 1080. The number of carbonyl (C=O) groups is 1. The average Bonchev–Trinajstić information content (AvgIpc) is 3.13. The van der Waals surface area contributed by atoms with Crippen molar-refractivity contribution in [1.29, 1.82) is 0 Å². The molecule has 1 aromatic heterocycles. The topological polar surface area (TPSA) is 69.0 Å². The van der Waals surface area contributed by atoms with Crippen LogP contribution in [0.25, 0.3) is 5.69 Å². The molecule has 0 radical (unpaired) electrons. The highest BCUT2D eigenvalue weighted by atomic mass is 19.4. The molecule has 0 saturated carbocycles. The van der Waals surface area contributed by atoms with Gasteiger partial charge in [0.1, 0.15) is 11.6 Å². The molecular formula is C18H11F7N4O2. The predicted molar refractivity (Wildman–Crippen MR) is 92.3 cm³/mol. The molecule has 164 valence electrons. The van der Waals surface area contributed by atoms with Crippen LogP contribution in [0.2, 0.25) is 0 Å². The third-order valence-electron chi connectivity index (χ3n) is 3.72. The summed E-state index contributed by atoms with van der Waals surface area (Å²) < 4.78 is 95.4. The fourth-order valence-corrected chi connectivity index (χ4v) is 2.47. The maximum absolute atomic E-state index is 13.6. The number of nitrogens with one attached hydrogen (secondary N) is 1. The van der Waals surface area contributed by atoms with Gasteiger partial charge in [-0.1, -0.05) is 11.3 Å². The Morgan fingerprint density at radius 3 is 2.29 bits per heavy atom. The van der Waals surface area contributed by atoms with Gasteiger partial charge < -0.3 is 10.1 Å². The molecular weight excluding hydrogens is 437 g/mol. The Labute approximate surface area is 169 Å². The average molecular weight is 448 g/mol. The third kappa shape index (κ3) is 5.49. The molecule has 0 unspecified atom stereocenters. The van der Waals surface area contributed by atoms with Crippen molar-refractivity contribution in [2.45, 2.75) is 12.4 Å². The summed E-state index contributed by atoms with van der Waals surface area (Å²) >= 11 is 0. The molecule has 31 heavy (non-hydrogen) atoms. The van der Waals surface area contributed by atoms with Crippen LogP contribution in [0, 0.1) is 5.82 Å². The molecule has 0 spiro atoms. The lowest BCUT2D eigenvalue weighted by atomic mass is 10.2.